The Morgan fingerprint density at radius 1 is 1.21 bits per heavy atom. The van der Waals surface area contributed by atoms with E-state index in [2.05, 4.69) is 5.32 Å². The van der Waals surface area contributed by atoms with Crippen LogP contribution in [0, 0.1) is 17.1 Å². The molecule has 0 saturated carbocycles. The number of alkyl halides is 3. The maximum Gasteiger partial charge on any atom is 0.412 e. The van der Waals surface area contributed by atoms with Crippen LogP contribution in [0.15, 0.2) is 52.9 Å². The van der Waals surface area contributed by atoms with E-state index < -0.39 is 23.6 Å². The van der Waals surface area contributed by atoms with Crippen molar-refractivity contribution in [2.45, 2.75) is 44.3 Å². The fourth-order valence-corrected chi connectivity index (χ4v) is 3.55. The monoisotopic (exact) mass is 405 g/mol. The maximum absolute atomic E-state index is 14.4. The van der Waals surface area contributed by atoms with E-state index in [-0.39, 0.29) is 47.4 Å². The summed E-state index contributed by atoms with van der Waals surface area (Å²) in [6.45, 7) is 0. The summed E-state index contributed by atoms with van der Waals surface area (Å²) >= 11 is 0. The van der Waals surface area contributed by atoms with Crippen LogP contribution in [0.2, 0.25) is 0 Å². The fourth-order valence-electron chi connectivity index (χ4n) is 3.55. The zero-order chi connectivity index (χ0) is 21.2. The molecule has 1 atom stereocenters. The zero-order valence-corrected chi connectivity index (χ0v) is 15.4. The molecule has 1 unspecified atom stereocenters. The second kappa shape index (κ2) is 8.21. The van der Waals surface area contributed by atoms with E-state index in [1.807, 2.05) is 6.07 Å². The topological polar surface area (TPSA) is 78.9 Å². The summed E-state index contributed by atoms with van der Waals surface area (Å²) in [5.41, 5.74) is 6.54. The van der Waals surface area contributed by atoms with E-state index >= 15 is 0 Å². The van der Waals surface area contributed by atoms with Crippen LogP contribution >= 0.6 is 0 Å². The number of nitriles is 1. The van der Waals surface area contributed by atoms with Gasteiger partial charge in [0.1, 0.15) is 5.82 Å². The number of allylic oxidation sites excluding steroid dienone is 4. The van der Waals surface area contributed by atoms with E-state index in [1.165, 1.54) is 12.1 Å². The van der Waals surface area contributed by atoms with E-state index in [0.29, 0.717) is 18.5 Å². The minimum atomic E-state index is -4.41. The molecule has 0 spiro atoms. The van der Waals surface area contributed by atoms with Crippen molar-refractivity contribution >= 4 is 5.78 Å². The lowest BCUT2D eigenvalue weighted by molar-refractivity contribution is -0.116. The molecule has 0 radical (unpaired) electrons. The first-order chi connectivity index (χ1) is 13.7. The van der Waals surface area contributed by atoms with Gasteiger partial charge in [-0.3, -0.25) is 4.79 Å². The van der Waals surface area contributed by atoms with Crippen molar-refractivity contribution in [3.8, 4) is 6.07 Å². The van der Waals surface area contributed by atoms with Gasteiger partial charge in [0.25, 0.3) is 0 Å². The lowest BCUT2D eigenvalue weighted by Gasteiger charge is -2.27. The lowest BCUT2D eigenvalue weighted by atomic mass is 9.86. The Morgan fingerprint density at radius 2 is 1.97 bits per heavy atom. The molecule has 0 saturated heterocycles. The molecule has 0 amide bonds. The van der Waals surface area contributed by atoms with E-state index in [9.17, 15) is 22.4 Å². The Balaban J connectivity index is 1.96. The van der Waals surface area contributed by atoms with Gasteiger partial charge >= 0.3 is 6.18 Å². The third-order valence-corrected chi connectivity index (χ3v) is 5.00. The van der Waals surface area contributed by atoms with Gasteiger partial charge in [0.05, 0.1) is 17.7 Å². The van der Waals surface area contributed by atoms with E-state index in [1.54, 1.807) is 6.08 Å². The molecule has 0 heterocycles. The molecule has 1 aromatic rings. The van der Waals surface area contributed by atoms with Gasteiger partial charge in [-0.15, -0.1) is 0 Å². The summed E-state index contributed by atoms with van der Waals surface area (Å²) in [6.07, 6.45) is -0.461. The molecule has 1 aromatic carbocycles. The summed E-state index contributed by atoms with van der Waals surface area (Å²) in [5, 5.41) is 11.8. The van der Waals surface area contributed by atoms with E-state index in [0.717, 1.165) is 12.1 Å². The van der Waals surface area contributed by atoms with Crippen LogP contribution in [0.5, 0.6) is 0 Å². The predicted molar refractivity (Wildman–Crippen MR) is 98.5 cm³/mol. The van der Waals surface area contributed by atoms with Crippen LogP contribution in [-0.4, -0.2) is 12.0 Å². The molecule has 2 aliphatic rings. The highest BCUT2D eigenvalue weighted by atomic mass is 19.4. The summed E-state index contributed by atoms with van der Waals surface area (Å²) in [6, 6.07) is 4.53. The third-order valence-electron chi connectivity index (χ3n) is 5.00. The van der Waals surface area contributed by atoms with Gasteiger partial charge < -0.3 is 11.1 Å². The lowest BCUT2D eigenvalue weighted by Crippen LogP contribution is -2.29. The quantitative estimate of drug-likeness (QED) is 0.725. The number of Topliss-reactive ketones (excluding diaryl/α,β-unsaturated/α-hetero) is 1. The molecule has 29 heavy (non-hydrogen) atoms. The number of hydrogen-bond acceptors (Lipinski definition) is 4. The Morgan fingerprint density at radius 3 is 2.62 bits per heavy atom. The number of carbonyl (C=O) groups excluding carboxylic acids is 1. The minimum absolute atomic E-state index is 0.0534. The Bertz CT molecular complexity index is 967. The Hall–Kier alpha value is -2.92. The van der Waals surface area contributed by atoms with Gasteiger partial charge in [0.2, 0.25) is 0 Å². The molecule has 0 aliphatic heterocycles. The molecular formula is C21H19F4N3O. The van der Waals surface area contributed by atoms with Crippen molar-refractivity contribution in [1.82, 2.24) is 5.32 Å². The molecule has 4 nitrogen and oxygen atoms in total. The van der Waals surface area contributed by atoms with Gasteiger partial charge in [0, 0.05) is 34.5 Å². The van der Waals surface area contributed by atoms with Gasteiger partial charge in [0.15, 0.2) is 5.78 Å². The van der Waals surface area contributed by atoms with Crippen LogP contribution in [0.3, 0.4) is 0 Å². The van der Waals surface area contributed by atoms with Crippen LogP contribution in [-0.2, 0) is 4.79 Å². The molecule has 8 heteroatoms. The molecule has 0 aromatic heterocycles. The predicted octanol–water partition coefficient (Wildman–Crippen LogP) is 4.46. The third kappa shape index (κ3) is 4.57. The number of ketones is 1. The molecule has 0 bridgehead atoms. The second-order valence-corrected chi connectivity index (χ2v) is 6.99. The van der Waals surface area contributed by atoms with Gasteiger partial charge in [-0.05, 0) is 43.9 Å². The highest BCUT2D eigenvalue weighted by Crippen LogP contribution is 2.34. The van der Waals surface area contributed by atoms with Crippen molar-refractivity contribution in [3.63, 3.8) is 0 Å². The summed E-state index contributed by atoms with van der Waals surface area (Å²) in [7, 11) is 0. The number of nitrogens with two attached hydrogens (primary N) is 1. The Labute approximate surface area is 165 Å². The van der Waals surface area contributed by atoms with Crippen LogP contribution in [0.25, 0.3) is 0 Å². The molecule has 3 N–H and O–H groups in total. The number of rotatable bonds is 4. The number of carbonyl (C=O) groups is 1. The standard InChI is InChI=1S/C21H19F4N3O/c22-16-9-12(11-26)7-8-15(16)20(27)19-17(5-2-6-18(19)29)28-14-4-1-3-13(10-14)21(23,24)25/h4,7-10,20,28H,1-3,5-6,27H2. The normalized spacial score (nSPS) is 18.7. The maximum atomic E-state index is 14.4. The first-order valence-electron chi connectivity index (χ1n) is 9.17. The van der Waals surface area contributed by atoms with Crippen LogP contribution in [0.1, 0.15) is 49.3 Å². The SMILES string of the molecule is N#Cc1ccc(C(N)C2=C(NC3=CCCC(C(F)(F)F)=C3)CCCC2=O)c(F)c1. The van der Waals surface area contributed by atoms with Gasteiger partial charge in [-0.2, -0.15) is 18.4 Å². The van der Waals surface area contributed by atoms with Crippen LogP contribution < -0.4 is 11.1 Å². The Kier molecular flexibility index (Phi) is 5.89. The van der Waals surface area contributed by atoms with Crippen molar-refractivity contribution in [1.29, 1.82) is 5.26 Å². The molecule has 2 aliphatic carbocycles. The second-order valence-electron chi connectivity index (χ2n) is 6.99. The first kappa shape index (κ1) is 20.8. The average Bonchev–Trinajstić information content (AvgIpc) is 2.67. The smallest absolute Gasteiger partial charge is 0.359 e. The van der Waals surface area contributed by atoms with Crippen LogP contribution in [0.4, 0.5) is 17.6 Å². The van der Waals surface area contributed by atoms with E-state index in [4.69, 9.17) is 11.0 Å². The number of halogens is 4. The summed E-state index contributed by atoms with van der Waals surface area (Å²) in [4.78, 5) is 12.6. The average molecular weight is 405 g/mol. The largest absolute Gasteiger partial charge is 0.412 e. The summed E-state index contributed by atoms with van der Waals surface area (Å²) < 4.78 is 53.4. The number of hydrogen-bond donors (Lipinski definition) is 2. The fraction of sp³-hybridized carbons (Fsp3) is 0.333. The molecule has 3 rings (SSSR count). The first-order valence-corrected chi connectivity index (χ1v) is 9.17. The number of benzene rings is 1. The van der Waals surface area contributed by atoms with Crippen molar-refractivity contribution in [3.05, 3.63) is 69.8 Å². The number of nitrogens with one attached hydrogen (secondary N) is 1. The molecule has 152 valence electrons. The van der Waals surface area contributed by atoms with Gasteiger partial charge in [-0.1, -0.05) is 12.1 Å². The van der Waals surface area contributed by atoms with Crippen molar-refractivity contribution in [2.24, 2.45) is 5.73 Å². The highest BCUT2D eigenvalue weighted by Gasteiger charge is 2.34. The van der Waals surface area contributed by atoms with Crippen molar-refractivity contribution < 1.29 is 22.4 Å². The minimum Gasteiger partial charge on any atom is -0.359 e. The zero-order valence-electron chi connectivity index (χ0n) is 15.4. The molecular weight excluding hydrogens is 386 g/mol. The van der Waals surface area contributed by atoms with Gasteiger partial charge in [-0.25, -0.2) is 4.39 Å². The molecule has 0 fully saturated rings. The number of nitrogens with zero attached hydrogens (tertiary/aromatic N) is 1. The summed E-state index contributed by atoms with van der Waals surface area (Å²) in [5.74, 6) is -0.982. The van der Waals surface area contributed by atoms with Crippen molar-refractivity contribution in [2.75, 3.05) is 0 Å². The highest BCUT2D eigenvalue weighted by molar-refractivity contribution is 5.98.